The van der Waals surface area contributed by atoms with Gasteiger partial charge in [-0.25, -0.2) is 0 Å². The van der Waals surface area contributed by atoms with Gasteiger partial charge >= 0.3 is 5.69 Å². The predicted octanol–water partition coefficient (Wildman–Crippen LogP) is 1.98. The summed E-state index contributed by atoms with van der Waals surface area (Å²) in [7, 11) is 0. The lowest BCUT2D eigenvalue weighted by molar-refractivity contribution is -0.387. The number of nitro groups is 1. The van der Waals surface area contributed by atoms with Crippen LogP contribution in [0.25, 0.3) is 0 Å². The number of hydrogen-bond donors (Lipinski definition) is 0. The zero-order valence-corrected chi connectivity index (χ0v) is 11.2. The summed E-state index contributed by atoms with van der Waals surface area (Å²) >= 11 is 0. The molecule has 0 radical (unpaired) electrons. The Bertz CT molecular complexity index is 539. The third-order valence-electron chi connectivity index (χ3n) is 3.10. The molecule has 0 aromatic heterocycles. The molecule has 1 amide bonds. The number of hydrogen-bond acceptors (Lipinski definition) is 4. The van der Waals surface area contributed by atoms with Crippen molar-refractivity contribution < 1.29 is 18.8 Å². The third kappa shape index (κ3) is 2.93. The zero-order valence-electron chi connectivity index (χ0n) is 11.2. The summed E-state index contributed by atoms with van der Waals surface area (Å²) in [6.07, 6.45) is -0.184. The van der Waals surface area contributed by atoms with Gasteiger partial charge in [-0.2, -0.15) is 4.39 Å². The van der Waals surface area contributed by atoms with Gasteiger partial charge < -0.3 is 9.64 Å². The molecular formula is C13H15FN2O4. The highest BCUT2D eigenvalue weighted by Gasteiger charge is 2.27. The smallest absolute Gasteiger partial charge is 0.304 e. The van der Waals surface area contributed by atoms with Gasteiger partial charge in [0, 0.05) is 24.7 Å². The van der Waals surface area contributed by atoms with Gasteiger partial charge in [0.15, 0.2) is 0 Å². The lowest BCUT2D eigenvalue weighted by atomic mass is 10.1. The van der Waals surface area contributed by atoms with Crippen molar-refractivity contribution in [1.82, 2.24) is 4.90 Å². The molecule has 1 fully saturated rings. The van der Waals surface area contributed by atoms with Crippen LogP contribution in [0.4, 0.5) is 10.1 Å². The molecule has 1 aliphatic heterocycles. The summed E-state index contributed by atoms with van der Waals surface area (Å²) in [5.74, 6) is -1.35. The number of ether oxygens (including phenoxy) is 1. The van der Waals surface area contributed by atoms with Gasteiger partial charge in [-0.05, 0) is 26.0 Å². The molecule has 108 valence electrons. The van der Waals surface area contributed by atoms with Crippen molar-refractivity contribution in [2.75, 3.05) is 13.1 Å². The Morgan fingerprint density at radius 2 is 2.00 bits per heavy atom. The Kier molecular flexibility index (Phi) is 3.99. The van der Waals surface area contributed by atoms with Crippen molar-refractivity contribution in [1.29, 1.82) is 0 Å². The summed E-state index contributed by atoms with van der Waals surface area (Å²) in [5.41, 5.74) is -0.528. The van der Waals surface area contributed by atoms with Crippen molar-refractivity contribution in [2.45, 2.75) is 26.1 Å². The van der Waals surface area contributed by atoms with E-state index in [9.17, 15) is 19.3 Å². The first-order valence-electron chi connectivity index (χ1n) is 6.27. The van der Waals surface area contributed by atoms with Crippen LogP contribution in [-0.4, -0.2) is 41.0 Å². The van der Waals surface area contributed by atoms with Crippen molar-refractivity contribution in [3.63, 3.8) is 0 Å². The first-order valence-corrected chi connectivity index (χ1v) is 6.27. The first-order chi connectivity index (χ1) is 9.38. The largest absolute Gasteiger partial charge is 0.372 e. The molecule has 1 heterocycles. The number of benzene rings is 1. The second-order valence-electron chi connectivity index (χ2n) is 4.89. The van der Waals surface area contributed by atoms with E-state index in [-0.39, 0.29) is 23.7 Å². The highest BCUT2D eigenvalue weighted by Crippen LogP contribution is 2.20. The predicted molar refractivity (Wildman–Crippen MR) is 69.0 cm³/mol. The van der Waals surface area contributed by atoms with E-state index in [4.69, 9.17) is 4.74 Å². The van der Waals surface area contributed by atoms with E-state index in [0.717, 1.165) is 12.1 Å². The van der Waals surface area contributed by atoms with Crippen molar-refractivity contribution >= 4 is 11.6 Å². The molecule has 0 bridgehead atoms. The molecule has 1 aliphatic rings. The van der Waals surface area contributed by atoms with Gasteiger partial charge in [-0.1, -0.05) is 0 Å². The zero-order chi connectivity index (χ0) is 14.9. The van der Waals surface area contributed by atoms with E-state index < -0.39 is 16.4 Å². The van der Waals surface area contributed by atoms with Crippen LogP contribution in [0, 0.1) is 15.9 Å². The summed E-state index contributed by atoms with van der Waals surface area (Å²) in [6.45, 7) is 4.54. The monoisotopic (exact) mass is 282 g/mol. The fourth-order valence-electron chi connectivity index (χ4n) is 2.31. The van der Waals surface area contributed by atoms with E-state index >= 15 is 0 Å². The fourth-order valence-corrected chi connectivity index (χ4v) is 2.31. The minimum Gasteiger partial charge on any atom is -0.372 e. The standard InChI is InChI=1S/C13H15FN2O4/c1-8-6-15(7-9(2)20-8)13(17)10-3-4-12(16(18)19)11(14)5-10/h3-5,8-9H,6-7H2,1-2H3/t8-,9+. The van der Waals surface area contributed by atoms with Gasteiger partial charge in [0.25, 0.3) is 5.91 Å². The number of carbonyl (C=O) groups excluding carboxylic acids is 1. The summed E-state index contributed by atoms with van der Waals surface area (Å²) in [6, 6.07) is 3.19. The summed E-state index contributed by atoms with van der Waals surface area (Å²) in [4.78, 5) is 23.6. The maximum Gasteiger partial charge on any atom is 0.304 e. The average molecular weight is 282 g/mol. The average Bonchev–Trinajstić information content (AvgIpc) is 2.36. The van der Waals surface area contributed by atoms with E-state index in [1.54, 1.807) is 4.90 Å². The fraction of sp³-hybridized carbons (Fsp3) is 0.462. The Morgan fingerprint density at radius 1 is 1.40 bits per heavy atom. The number of rotatable bonds is 2. The number of morpholine rings is 1. The summed E-state index contributed by atoms with van der Waals surface area (Å²) < 4.78 is 19.1. The molecule has 7 heteroatoms. The van der Waals surface area contributed by atoms with Crippen LogP contribution in [0.15, 0.2) is 18.2 Å². The molecular weight excluding hydrogens is 267 g/mol. The molecule has 0 spiro atoms. The molecule has 0 saturated carbocycles. The van der Waals surface area contributed by atoms with Crippen LogP contribution >= 0.6 is 0 Å². The Balaban J connectivity index is 2.21. The SMILES string of the molecule is C[C@@H]1CN(C(=O)c2ccc([N+](=O)[O-])c(F)c2)C[C@H](C)O1. The number of nitro benzene ring substituents is 1. The number of carbonyl (C=O) groups is 1. The van der Waals surface area contributed by atoms with Crippen LogP contribution < -0.4 is 0 Å². The normalized spacial score (nSPS) is 22.6. The second-order valence-corrected chi connectivity index (χ2v) is 4.89. The van der Waals surface area contributed by atoms with E-state index in [2.05, 4.69) is 0 Å². The second kappa shape index (κ2) is 5.54. The molecule has 6 nitrogen and oxygen atoms in total. The topological polar surface area (TPSA) is 72.7 Å². The lowest BCUT2D eigenvalue weighted by Crippen LogP contribution is -2.48. The number of nitrogens with zero attached hydrogens (tertiary/aromatic N) is 2. The van der Waals surface area contributed by atoms with Gasteiger partial charge in [-0.15, -0.1) is 0 Å². The first kappa shape index (κ1) is 14.4. The quantitative estimate of drug-likeness (QED) is 0.614. The lowest BCUT2D eigenvalue weighted by Gasteiger charge is -2.35. The molecule has 0 N–H and O–H groups in total. The number of amides is 1. The highest BCUT2D eigenvalue weighted by atomic mass is 19.1. The van der Waals surface area contributed by atoms with Crippen LogP contribution in [0.1, 0.15) is 24.2 Å². The molecule has 20 heavy (non-hydrogen) atoms. The van der Waals surface area contributed by atoms with Gasteiger partial charge in [-0.3, -0.25) is 14.9 Å². The summed E-state index contributed by atoms with van der Waals surface area (Å²) in [5, 5.41) is 10.5. The molecule has 0 aliphatic carbocycles. The molecule has 1 saturated heterocycles. The number of halogens is 1. The maximum atomic E-state index is 13.5. The highest BCUT2D eigenvalue weighted by molar-refractivity contribution is 5.94. The Morgan fingerprint density at radius 3 is 2.50 bits per heavy atom. The van der Waals surface area contributed by atoms with Crippen LogP contribution in [0.5, 0.6) is 0 Å². The molecule has 1 aromatic carbocycles. The maximum absolute atomic E-state index is 13.5. The van der Waals surface area contributed by atoms with Gasteiger partial charge in [0.1, 0.15) is 0 Å². The van der Waals surface area contributed by atoms with Gasteiger partial charge in [0.2, 0.25) is 5.82 Å². The minimum absolute atomic E-state index is 0.0920. The van der Waals surface area contributed by atoms with Crippen molar-refractivity contribution in [3.8, 4) is 0 Å². The van der Waals surface area contributed by atoms with Gasteiger partial charge in [0.05, 0.1) is 17.1 Å². The van der Waals surface area contributed by atoms with Crippen molar-refractivity contribution in [3.05, 3.63) is 39.7 Å². The van der Waals surface area contributed by atoms with E-state index in [1.165, 1.54) is 6.07 Å². The molecule has 2 atom stereocenters. The van der Waals surface area contributed by atoms with Crippen LogP contribution in [-0.2, 0) is 4.74 Å². The molecule has 1 aromatic rings. The van der Waals surface area contributed by atoms with Crippen LogP contribution in [0.3, 0.4) is 0 Å². The van der Waals surface area contributed by atoms with Crippen molar-refractivity contribution in [2.24, 2.45) is 0 Å². The Hall–Kier alpha value is -2.02. The van der Waals surface area contributed by atoms with E-state index in [1.807, 2.05) is 13.8 Å². The van der Waals surface area contributed by atoms with E-state index in [0.29, 0.717) is 13.1 Å². The third-order valence-corrected chi connectivity index (χ3v) is 3.10. The Labute approximate surface area is 115 Å². The molecule has 2 rings (SSSR count). The minimum atomic E-state index is -1.00. The molecule has 0 unspecified atom stereocenters. The van der Waals surface area contributed by atoms with Crippen LogP contribution in [0.2, 0.25) is 0 Å².